The monoisotopic (exact) mass is 228 g/mol. The Kier molecular flexibility index (Phi) is 5.08. The van der Waals surface area contributed by atoms with Crippen molar-refractivity contribution in [3.8, 4) is 0 Å². The van der Waals surface area contributed by atoms with Crippen LogP contribution in [0.5, 0.6) is 0 Å². The second-order valence-electron chi connectivity index (χ2n) is 4.28. The van der Waals surface area contributed by atoms with Gasteiger partial charge in [-0.1, -0.05) is 12.8 Å². The number of hydrogen-bond donors (Lipinski definition) is 1. The van der Waals surface area contributed by atoms with Gasteiger partial charge < -0.3 is 15.0 Å². The minimum atomic E-state index is -0.490. The Hall–Kier alpha value is -1.26. The molecule has 0 spiro atoms. The average molecular weight is 228 g/mol. The van der Waals surface area contributed by atoms with Crippen LogP contribution in [0.15, 0.2) is 0 Å². The van der Waals surface area contributed by atoms with Crippen molar-refractivity contribution in [1.29, 1.82) is 0 Å². The quantitative estimate of drug-likeness (QED) is 0.780. The lowest BCUT2D eigenvalue weighted by molar-refractivity contribution is -0.121. The summed E-state index contributed by atoms with van der Waals surface area (Å²) in [6.07, 6.45) is 4.45. The Balaban J connectivity index is 2.17. The highest BCUT2D eigenvalue weighted by Crippen LogP contribution is 2.23. The lowest BCUT2D eigenvalue weighted by atomic mass is 10.1. The molecule has 1 aliphatic rings. The number of carbonyl (C=O) groups excluding carboxylic acids is 2. The first kappa shape index (κ1) is 12.8. The molecule has 0 radical (unpaired) electrons. The van der Waals surface area contributed by atoms with Gasteiger partial charge in [-0.15, -0.1) is 0 Å². The van der Waals surface area contributed by atoms with E-state index in [1.54, 1.807) is 7.05 Å². The smallest absolute Gasteiger partial charge is 0.409 e. The van der Waals surface area contributed by atoms with Gasteiger partial charge in [-0.25, -0.2) is 4.79 Å². The predicted molar refractivity (Wildman–Crippen MR) is 60.0 cm³/mol. The predicted octanol–water partition coefficient (Wildman–Crippen LogP) is 0.991. The van der Waals surface area contributed by atoms with Crippen LogP contribution in [-0.2, 0) is 9.53 Å². The highest BCUT2D eigenvalue weighted by molar-refractivity contribution is 5.81. The molecule has 5 heteroatoms. The Bertz CT molecular complexity index is 250. The zero-order valence-electron chi connectivity index (χ0n) is 9.99. The molecule has 1 rings (SSSR count). The van der Waals surface area contributed by atoms with Crippen molar-refractivity contribution in [1.82, 2.24) is 10.2 Å². The maximum absolute atomic E-state index is 11.5. The second kappa shape index (κ2) is 6.35. The van der Waals surface area contributed by atoms with E-state index in [9.17, 15) is 9.59 Å². The normalized spacial score (nSPS) is 15.9. The third-order valence-corrected chi connectivity index (χ3v) is 2.93. The van der Waals surface area contributed by atoms with Crippen LogP contribution in [0.1, 0.15) is 25.7 Å². The summed E-state index contributed by atoms with van der Waals surface area (Å²) in [5, 5.41) is 2.85. The summed E-state index contributed by atoms with van der Waals surface area (Å²) in [4.78, 5) is 23.8. The number of methoxy groups -OCH3 is 1. The van der Waals surface area contributed by atoms with E-state index >= 15 is 0 Å². The number of carbonyl (C=O) groups is 2. The molecule has 0 aromatic heterocycles. The molecular weight excluding hydrogens is 208 g/mol. The zero-order valence-corrected chi connectivity index (χ0v) is 9.99. The van der Waals surface area contributed by atoms with Gasteiger partial charge in [0.1, 0.15) is 6.54 Å². The number of hydrogen-bond acceptors (Lipinski definition) is 3. The number of likely N-dealkylation sites (N-methyl/N-ethyl adjacent to an activating group) is 1. The van der Waals surface area contributed by atoms with Crippen LogP contribution >= 0.6 is 0 Å². The molecule has 1 fully saturated rings. The fraction of sp³-hybridized carbons (Fsp3) is 0.818. The fourth-order valence-electron chi connectivity index (χ4n) is 1.96. The van der Waals surface area contributed by atoms with Crippen LogP contribution in [0.4, 0.5) is 4.79 Å². The summed E-state index contributed by atoms with van der Waals surface area (Å²) in [6.45, 7) is 0.785. The van der Waals surface area contributed by atoms with Crippen molar-refractivity contribution in [2.24, 2.45) is 5.92 Å². The van der Waals surface area contributed by atoms with Gasteiger partial charge in [0, 0.05) is 13.6 Å². The SMILES string of the molecule is COC(=O)N(C)CC(=O)NCC1CCCC1. The number of nitrogens with zero attached hydrogens (tertiary/aromatic N) is 1. The van der Waals surface area contributed by atoms with Gasteiger partial charge in [-0.3, -0.25) is 4.79 Å². The molecule has 0 saturated heterocycles. The zero-order chi connectivity index (χ0) is 12.0. The van der Waals surface area contributed by atoms with E-state index in [1.165, 1.54) is 37.7 Å². The van der Waals surface area contributed by atoms with Crippen molar-refractivity contribution in [3.05, 3.63) is 0 Å². The Labute approximate surface area is 96.1 Å². The van der Waals surface area contributed by atoms with Crippen LogP contribution in [-0.4, -0.2) is 44.1 Å². The van der Waals surface area contributed by atoms with Gasteiger partial charge in [0.15, 0.2) is 0 Å². The summed E-state index contributed by atoms with van der Waals surface area (Å²) in [5.41, 5.74) is 0. The first-order valence-electron chi connectivity index (χ1n) is 5.69. The van der Waals surface area contributed by atoms with Gasteiger partial charge in [0.2, 0.25) is 5.91 Å². The summed E-state index contributed by atoms with van der Waals surface area (Å²) in [5.74, 6) is 0.493. The van der Waals surface area contributed by atoms with Crippen LogP contribution in [0.2, 0.25) is 0 Å². The van der Waals surface area contributed by atoms with E-state index in [0.717, 1.165) is 6.54 Å². The summed E-state index contributed by atoms with van der Waals surface area (Å²) >= 11 is 0. The van der Waals surface area contributed by atoms with Gasteiger partial charge in [-0.2, -0.15) is 0 Å². The second-order valence-corrected chi connectivity index (χ2v) is 4.28. The number of rotatable bonds is 4. The van der Waals surface area contributed by atoms with Crippen molar-refractivity contribution >= 4 is 12.0 Å². The maximum atomic E-state index is 11.5. The van der Waals surface area contributed by atoms with Gasteiger partial charge in [0.05, 0.1) is 7.11 Å². The van der Waals surface area contributed by atoms with Crippen LogP contribution < -0.4 is 5.32 Å². The van der Waals surface area contributed by atoms with Crippen LogP contribution in [0, 0.1) is 5.92 Å². The third kappa shape index (κ3) is 4.08. The standard InChI is InChI=1S/C11H20N2O3/c1-13(11(15)16-2)8-10(14)12-7-9-5-3-4-6-9/h9H,3-8H2,1-2H3,(H,12,14). The minimum absolute atomic E-state index is 0.0550. The Morgan fingerprint density at radius 2 is 2.00 bits per heavy atom. The average Bonchev–Trinajstić information content (AvgIpc) is 2.78. The number of nitrogens with one attached hydrogen (secondary N) is 1. The molecule has 16 heavy (non-hydrogen) atoms. The summed E-state index contributed by atoms with van der Waals surface area (Å²) < 4.78 is 4.50. The fourth-order valence-corrected chi connectivity index (χ4v) is 1.96. The third-order valence-electron chi connectivity index (χ3n) is 2.93. The largest absolute Gasteiger partial charge is 0.453 e. The molecule has 0 aromatic rings. The summed E-state index contributed by atoms with van der Waals surface area (Å²) in [6, 6.07) is 0. The molecule has 0 heterocycles. The molecule has 1 aliphatic carbocycles. The topological polar surface area (TPSA) is 58.6 Å². The number of amides is 2. The molecule has 0 aliphatic heterocycles. The first-order chi connectivity index (χ1) is 7.63. The van der Waals surface area contributed by atoms with Crippen molar-refractivity contribution in [2.75, 3.05) is 27.2 Å². The van der Waals surface area contributed by atoms with Crippen molar-refractivity contribution in [3.63, 3.8) is 0 Å². The van der Waals surface area contributed by atoms with Crippen molar-refractivity contribution < 1.29 is 14.3 Å². The van der Waals surface area contributed by atoms with E-state index < -0.39 is 6.09 Å². The van der Waals surface area contributed by atoms with Gasteiger partial charge >= 0.3 is 6.09 Å². The molecule has 5 nitrogen and oxygen atoms in total. The number of ether oxygens (including phenoxy) is 1. The molecule has 1 N–H and O–H groups in total. The van der Waals surface area contributed by atoms with Crippen LogP contribution in [0.3, 0.4) is 0 Å². The van der Waals surface area contributed by atoms with E-state index in [0.29, 0.717) is 5.92 Å². The lowest BCUT2D eigenvalue weighted by Gasteiger charge is -2.16. The maximum Gasteiger partial charge on any atom is 0.409 e. The summed E-state index contributed by atoms with van der Waals surface area (Å²) in [7, 11) is 2.84. The Morgan fingerprint density at radius 3 is 2.56 bits per heavy atom. The molecule has 0 bridgehead atoms. The molecule has 1 saturated carbocycles. The van der Waals surface area contributed by atoms with E-state index in [4.69, 9.17) is 0 Å². The lowest BCUT2D eigenvalue weighted by Crippen LogP contribution is -2.39. The van der Waals surface area contributed by atoms with Crippen molar-refractivity contribution in [2.45, 2.75) is 25.7 Å². The van der Waals surface area contributed by atoms with E-state index in [-0.39, 0.29) is 12.5 Å². The molecule has 92 valence electrons. The minimum Gasteiger partial charge on any atom is -0.453 e. The Morgan fingerprint density at radius 1 is 1.38 bits per heavy atom. The molecule has 0 atom stereocenters. The molecule has 2 amide bonds. The highest BCUT2D eigenvalue weighted by atomic mass is 16.5. The van der Waals surface area contributed by atoms with Crippen LogP contribution in [0.25, 0.3) is 0 Å². The van der Waals surface area contributed by atoms with E-state index in [1.807, 2.05) is 0 Å². The molecule has 0 aromatic carbocycles. The molecule has 0 unspecified atom stereocenters. The van der Waals surface area contributed by atoms with Gasteiger partial charge in [0.25, 0.3) is 0 Å². The first-order valence-corrected chi connectivity index (χ1v) is 5.69. The molecular formula is C11H20N2O3. The van der Waals surface area contributed by atoms with E-state index in [2.05, 4.69) is 10.1 Å². The van der Waals surface area contributed by atoms with Gasteiger partial charge in [-0.05, 0) is 18.8 Å². The highest BCUT2D eigenvalue weighted by Gasteiger charge is 2.17.